The van der Waals surface area contributed by atoms with Gasteiger partial charge in [-0.3, -0.25) is 19.7 Å². The molecule has 1 aromatic carbocycles. The second-order valence-electron chi connectivity index (χ2n) is 15.4. The van der Waals surface area contributed by atoms with Crippen molar-refractivity contribution in [3.8, 4) is 0 Å². The lowest BCUT2D eigenvalue weighted by Crippen LogP contribution is -2.61. The van der Waals surface area contributed by atoms with Gasteiger partial charge in [-0.1, -0.05) is 43.1 Å². The molecular formula is C36H43Cl2FN6O5. The molecule has 14 heteroatoms. The van der Waals surface area contributed by atoms with Gasteiger partial charge in [0.15, 0.2) is 11.0 Å². The van der Waals surface area contributed by atoms with Crippen molar-refractivity contribution in [1.82, 2.24) is 25.8 Å². The number of anilines is 1. The highest BCUT2D eigenvalue weighted by molar-refractivity contribution is 6.31. The molecule has 2 saturated carbocycles. The number of carboxylic acids is 1. The van der Waals surface area contributed by atoms with Crippen LogP contribution in [-0.2, 0) is 24.6 Å². The molecular weight excluding hydrogens is 686 g/mol. The number of nitrogens with one attached hydrogen (secondary N) is 4. The smallest absolute Gasteiger partial charge is 0.327 e. The predicted octanol–water partition coefficient (Wildman–Crippen LogP) is 4.37. The lowest BCUT2D eigenvalue weighted by molar-refractivity contribution is -0.153. The number of benzene rings is 1. The molecule has 5 aliphatic rings. The van der Waals surface area contributed by atoms with Crippen LogP contribution in [0.1, 0.15) is 82.3 Å². The number of nitrogens with zero attached hydrogens (tertiary/aromatic N) is 2. The van der Waals surface area contributed by atoms with Gasteiger partial charge in [-0.2, -0.15) is 0 Å². The van der Waals surface area contributed by atoms with Gasteiger partial charge in [-0.05, 0) is 86.1 Å². The van der Waals surface area contributed by atoms with E-state index in [4.69, 9.17) is 23.2 Å². The van der Waals surface area contributed by atoms with Gasteiger partial charge < -0.3 is 26.0 Å². The Morgan fingerprint density at radius 3 is 2.48 bits per heavy atom. The topological polar surface area (TPSA) is 153 Å². The quantitative estimate of drug-likeness (QED) is 0.285. The number of halogens is 3. The number of carbonyl (C=O) groups is 4. The van der Waals surface area contributed by atoms with Crippen LogP contribution in [0, 0.1) is 17.2 Å². The van der Waals surface area contributed by atoms with E-state index in [1.807, 2.05) is 6.07 Å². The summed E-state index contributed by atoms with van der Waals surface area (Å²) in [5.74, 6) is -3.96. The van der Waals surface area contributed by atoms with Gasteiger partial charge in [0, 0.05) is 60.0 Å². The molecule has 2 aliphatic carbocycles. The van der Waals surface area contributed by atoms with E-state index in [1.165, 1.54) is 17.2 Å². The van der Waals surface area contributed by atoms with Crippen molar-refractivity contribution in [2.75, 3.05) is 25.0 Å². The molecule has 4 atom stereocenters. The van der Waals surface area contributed by atoms with Gasteiger partial charge >= 0.3 is 5.97 Å². The molecule has 11 nitrogen and oxygen atoms in total. The zero-order valence-corrected chi connectivity index (χ0v) is 29.7. The van der Waals surface area contributed by atoms with Gasteiger partial charge in [0.25, 0.3) is 0 Å². The van der Waals surface area contributed by atoms with Crippen LogP contribution < -0.4 is 21.3 Å². The molecule has 2 spiro atoms. The second-order valence-corrected chi connectivity index (χ2v) is 16.2. The summed E-state index contributed by atoms with van der Waals surface area (Å²) in [6.07, 6.45) is 6.15. The van der Waals surface area contributed by atoms with Crippen LogP contribution in [0.25, 0.3) is 0 Å². The number of amides is 3. The molecule has 1 aromatic heterocycles. The summed E-state index contributed by atoms with van der Waals surface area (Å²) in [5.41, 5.74) is -0.912. The predicted molar refractivity (Wildman–Crippen MR) is 186 cm³/mol. The van der Waals surface area contributed by atoms with Crippen LogP contribution in [-0.4, -0.2) is 82.0 Å². The highest BCUT2D eigenvalue weighted by Gasteiger charge is 2.73. The summed E-state index contributed by atoms with van der Waals surface area (Å²) in [7, 11) is 0. The minimum atomic E-state index is -1.37. The first-order valence-corrected chi connectivity index (χ1v) is 18.3. The fraction of sp³-hybridized carbons (Fsp3) is 0.583. The SMILES string of the molecule is CC1(C)CCC2(CC1)N[C@@H](C(=O)NC1CCC(C(=O)N3CCNC[C@H]3C(=O)O)CC1)[C@H](c1ccnc(Cl)c1F)[C@]21C(=O)Nc2cc(Cl)ccc21. The molecule has 2 saturated heterocycles. The summed E-state index contributed by atoms with van der Waals surface area (Å²) in [6, 6.07) is 4.58. The van der Waals surface area contributed by atoms with Gasteiger partial charge in [0.2, 0.25) is 17.7 Å². The van der Waals surface area contributed by atoms with Crippen molar-refractivity contribution in [2.45, 2.75) is 100 Å². The molecule has 7 rings (SSSR count). The molecule has 268 valence electrons. The highest BCUT2D eigenvalue weighted by Crippen LogP contribution is 2.64. The van der Waals surface area contributed by atoms with Gasteiger partial charge in [-0.25, -0.2) is 14.2 Å². The molecule has 4 fully saturated rings. The molecule has 5 N–H and O–H groups in total. The highest BCUT2D eigenvalue weighted by atomic mass is 35.5. The Bertz CT molecular complexity index is 1720. The van der Waals surface area contributed by atoms with Crippen molar-refractivity contribution in [1.29, 1.82) is 0 Å². The number of fused-ring (bicyclic) bond motifs is 3. The molecule has 0 radical (unpaired) electrons. The number of pyridine rings is 1. The molecule has 4 heterocycles. The number of piperazine rings is 1. The van der Waals surface area contributed by atoms with E-state index in [1.54, 1.807) is 12.1 Å². The molecule has 2 aromatic rings. The fourth-order valence-electron chi connectivity index (χ4n) is 9.53. The van der Waals surface area contributed by atoms with Gasteiger partial charge in [-0.15, -0.1) is 0 Å². The Labute approximate surface area is 300 Å². The van der Waals surface area contributed by atoms with Crippen LogP contribution in [0.4, 0.5) is 10.1 Å². The maximum atomic E-state index is 16.2. The molecule has 0 bridgehead atoms. The number of hydrogen-bond acceptors (Lipinski definition) is 7. The number of rotatable bonds is 5. The van der Waals surface area contributed by atoms with E-state index < -0.39 is 40.7 Å². The third kappa shape index (κ3) is 5.66. The molecule has 3 amide bonds. The van der Waals surface area contributed by atoms with Gasteiger partial charge in [0.1, 0.15) is 11.5 Å². The monoisotopic (exact) mass is 728 g/mol. The first-order chi connectivity index (χ1) is 23.8. The number of aromatic nitrogens is 1. The van der Waals surface area contributed by atoms with E-state index >= 15 is 4.39 Å². The number of carbonyl (C=O) groups excluding carboxylic acids is 3. The summed E-state index contributed by atoms with van der Waals surface area (Å²) in [4.78, 5) is 59.9. The van der Waals surface area contributed by atoms with E-state index in [-0.39, 0.29) is 52.4 Å². The van der Waals surface area contributed by atoms with Crippen LogP contribution >= 0.6 is 23.2 Å². The summed E-state index contributed by atoms with van der Waals surface area (Å²) >= 11 is 12.7. The zero-order valence-electron chi connectivity index (χ0n) is 28.2. The van der Waals surface area contributed by atoms with Crippen molar-refractivity contribution >= 4 is 52.6 Å². The third-order valence-electron chi connectivity index (χ3n) is 12.2. The van der Waals surface area contributed by atoms with Crippen molar-refractivity contribution in [3.05, 3.63) is 57.6 Å². The largest absolute Gasteiger partial charge is 0.480 e. The summed E-state index contributed by atoms with van der Waals surface area (Å²) < 4.78 is 16.2. The van der Waals surface area contributed by atoms with Crippen LogP contribution in [0.2, 0.25) is 10.2 Å². The van der Waals surface area contributed by atoms with Crippen LogP contribution in [0.3, 0.4) is 0 Å². The first-order valence-electron chi connectivity index (χ1n) is 17.5. The molecule has 50 heavy (non-hydrogen) atoms. The van der Waals surface area contributed by atoms with E-state index in [0.29, 0.717) is 67.9 Å². The van der Waals surface area contributed by atoms with Crippen molar-refractivity contribution < 1.29 is 28.7 Å². The third-order valence-corrected chi connectivity index (χ3v) is 12.7. The number of hydrogen-bond donors (Lipinski definition) is 5. The van der Waals surface area contributed by atoms with Crippen molar-refractivity contribution in [3.63, 3.8) is 0 Å². The van der Waals surface area contributed by atoms with E-state index in [9.17, 15) is 24.3 Å². The zero-order chi connectivity index (χ0) is 35.6. The fourth-order valence-corrected chi connectivity index (χ4v) is 9.86. The van der Waals surface area contributed by atoms with Crippen molar-refractivity contribution in [2.24, 2.45) is 11.3 Å². The second kappa shape index (κ2) is 13.0. The Balaban J connectivity index is 1.21. The van der Waals surface area contributed by atoms with Crippen LogP contribution in [0.5, 0.6) is 0 Å². The minimum absolute atomic E-state index is 0.0123. The molecule has 3 aliphatic heterocycles. The lowest BCUT2D eigenvalue weighted by atomic mass is 9.53. The Morgan fingerprint density at radius 2 is 1.78 bits per heavy atom. The maximum Gasteiger partial charge on any atom is 0.327 e. The Hall–Kier alpha value is -3.32. The Morgan fingerprint density at radius 1 is 1.06 bits per heavy atom. The Kier molecular flexibility index (Phi) is 9.14. The normalized spacial score (nSPS) is 31.3. The number of aliphatic carboxylic acids is 1. The van der Waals surface area contributed by atoms with E-state index in [0.717, 1.165) is 12.8 Å². The van der Waals surface area contributed by atoms with E-state index in [2.05, 4.69) is 40.1 Å². The number of carboxylic acid groups (broad SMARTS) is 1. The first kappa shape index (κ1) is 35.1. The summed E-state index contributed by atoms with van der Waals surface area (Å²) in [6.45, 7) is 5.47. The summed E-state index contributed by atoms with van der Waals surface area (Å²) in [5, 5.41) is 22.7. The maximum absolute atomic E-state index is 16.2. The minimum Gasteiger partial charge on any atom is -0.480 e. The average molecular weight is 730 g/mol. The van der Waals surface area contributed by atoms with Gasteiger partial charge in [0.05, 0.1) is 6.04 Å². The molecule has 0 unspecified atom stereocenters. The average Bonchev–Trinajstić information content (AvgIpc) is 3.55. The standard InChI is InChI=1S/C36H43Cl2FN6O5/c1-34(2)10-12-35(13-11-34)36(23-8-5-20(37)17-24(23)43-33(36)50)26(22-9-14-41-29(38)27(22)39)28(44-35)30(46)42-21-6-3-19(4-7-21)31(47)45-16-15-40-18-25(45)32(48)49/h5,8-9,14,17,19,21,25-26,28,40,44H,3-4,6-7,10-13,15-16,18H2,1-2H3,(H,42,46)(H,43,50)(H,48,49)/t19?,21?,25-,26-,28+,36+/m0/s1. The lowest BCUT2D eigenvalue weighted by Gasteiger charge is -2.50. The van der Waals surface area contributed by atoms with Crippen LogP contribution in [0.15, 0.2) is 30.5 Å².